The van der Waals surface area contributed by atoms with E-state index in [0.29, 0.717) is 5.56 Å². The van der Waals surface area contributed by atoms with Crippen molar-refractivity contribution in [1.29, 1.82) is 5.26 Å². The maximum atomic E-state index is 8.78. The topological polar surface area (TPSA) is 87.1 Å². The second kappa shape index (κ2) is 5.74. The van der Waals surface area contributed by atoms with Crippen molar-refractivity contribution in [2.45, 2.75) is 0 Å². The number of carbonyl (C=O) groups is 1. The quantitative estimate of drug-likeness (QED) is 0.603. The van der Waals surface area contributed by atoms with Crippen LogP contribution < -0.4 is 5.73 Å². The second-order valence-electron chi connectivity index (χ2n) is 1.82. The van der Waals surface area contributed by atoms with Crippen molar-refractivity contribution in [2.75, 3.05) is 0 Å². The summed E-state index contributed by atoms with van der Waals surface area (Å²) in [6, 6.07) is 11.2. The van der Waals surface area contributed by atoms with E-state index >= 15 is 0 Å². The molecule has 0 aliphatic rings. The average molecular weight is 164 g/mol. The molecule has 0 spiro atoms. The molecule has 0 aromatic heterocycles. The molecule has 4 heteroatoms. The SMILES string of the molecule is N#Cc1ccccc1.NC(=O)O. The zero-order valence-electron chi connectivity index (χ0n) is 6.27. The molecule has 0 unspecified atom stereocenters. The highest BCUT2D eigenvalue weighted by Gasteiger charge is 1.79. The van der Waals surface area contributed by atoms with E-state index in [1.807, 2.05) is 24.3 Å². The molecule has 0 saturated heterocycles. The van der Waals surface area contributed by atoms with Gasteiger partial charge in [0, 0.05) is 0 Å². The number of benzene rings is 1. The summed E-state index contributed by atoms with van der Waals surface area (Å²) >= 11 is 0. The van der Waals surface area contributed by atoms with E-state index in [1.165, 1.54) is 0 Å². The maximum Gasteiger partial charge on any atom is 0.402 e. The minimum Gasteiger partial charge on any atom is -0.465 e. The maximum absolute atomic E-state index is 8.78. The summed E-state index contributed by atoms with van der Waals surface area (Å²) in [4.78, 5) is 8.78. The van der Waals surface area contributed by atoms with Gasteiger partial charge < -0.3 is 10.8 Å². The van der Waals surface area contributed by atoms with Gasteiger partial charge in [-0.3, -0.25) is 0 Å². The number of hydrogen-bond donors (Lipinski definition) is 2. The molecule has 4 nitrogen and oxygen atoms in total. The zero-order chi connectivity index (χ0) is 9.40. The number of primary amides is 1. The minimum atomic E-state index is -1.33. The van der Waals surface area contributed by atoms with E-state index in [0.717, 1.165) is 0 Å². The van der Waals surface area contributed by atoms with E-state index in [-0.39, 0.29) is 0 Å². The highest BCUT2D eigenvalue weighted by molar-refractivity contribution is 5.61. The fraction of sp³-hybridized carbons (Fsp3) is 0. The summed E-state index contributed by atoms with van der Waals surface area (Å²) in [5, 5.41) is 15.5. The Morgan fingerprint density at radius 3 is 2.08 bits per heavy atom. The number of hydrogen-bond acceptors (Lipinski definition) is 2. The van der Waals surface area contributed by atoms with Crippen LogP contribution in [0, 0.1) is 11.3 Å². The predicted molar refractivity (Wildman–Crippen MR) is 43.4 cm³/mol. The van der Waals surface area contributed by atoms with Crippen molar-refractivity contribution >= 4 is 6.09 Å². The van der Waals surface area contributed by atoms with Crippen LogP contribution in [0.1, 0.15) is 5.56 Å². The molecule has 1 rings (SSSR count). The molecule has 1 aromatic rings. The number of carboxylic acid groups (broad SMARTS) is 1. The van der Waals surface area contributed by atoms with Gasteiger partial charge in [-0.15, -0.1) is 0 Å². The van der Waals surface area contributed by atoms with Crippen molar-refractivity contribution in [2.24, 2.45) is 5.73 Å². The summed E-state index contributed by atoms with van der Waals surface area (Å²) in [6.07, 6.45) is -1.33. The Bertz CT molecular complexity index is 273. The van der Waals surface area contributed by atoms with Crippen molar-refractivity contribution in [3.8, 4) is 6.07 Å². The van der Waals surface area contributed by atoms with Crippen molar-refractivity contribution in [3.63, 3.8) is 0 Å². The van der Waals surface area contributed by atoms with Crippen molar-refractivity contribution in [1.82, 2.24) is 0 Å². The molecule has 0 aliphatic carbocycles. The lowest BCUT2D eigenvalue weighted by Crippen LogP contribution is -2.03. The first-order valence-corrected chi connectivity index (χ1v) is 3.10. The van der Waals surface area contributed by atoms with E-state index in [1.54, 1.807) is 12.1 Å². The Balaban J connectivity index is 0.000000261. The molecular formula is C8H8N2O2. The first-order chi connectivity index (χ1) is 5.66. The van der Waals surface area contributed by atoms with E-state index < -0.39 is 6.09 Å². The van der Waals surface area contributed by atoms with Gasteiger partial charge in [-0.05, 0) is 12.1 Å². The summed E-state index contributed by atoms with van der Waals surface area (Å²) in [5.41, 5.74) is 4.74. The number of amides is 1. The Morgan fingerprint density at radius 2 is 1.83 bits per heavy atom. The molecule has 0 atom stereocenters. The normalized spacial score (nSPS) is 7.25. The van der Waals surface area contributed by atoms with Crippen LogP contribution in [0.15, 0.2) is 30.3 Å². The highest BCUT2D eigenvalue weighted by atomic mass is 16.4. The number of nitriles is 1. The van der Waals surface area contributed by atoms with Crippen LogP contribution in [0.5, 0.6) is 0 Å². The highest BCUT2D eigenvalue weighted by Crippen LogP contribution is 1.92. The summed E-state index contributed by atoms with van der Waals surface area (Å²) in [5.74, 6) is 0. The Hall–Kier alpha value is -2.02. The smallest absolute Gasteiger partial charge is 0.402 e. The van der Waals surface area contributed by atoms with Gasteiger partial charge in [0.25, 0.3) is 0 Å². The number of rotatable bonds is 0. The van der Waals surface area contributed by atoms with Gasteiger partial charge in [0.1, 0.15) is 0 Å². The third kappa shape index (κ3) is 6.11. The molecule has 0 bridgehead atoms. The minimum absolute atomic E-state index is 0.715. The lowest BCUT2D eigenvalue weighted by molar-refractivity contribution is 0.205. The third-order valence-corrected chi connectivity index (χ3v) is 0.903. The van der Waals surface area contributed by atoms with Gasteiger partial charge >= 0.3 is 6.09 Å². The fourth-order valence-corrected chi connectivity index (χ4v) is 0.513. The molecule has 0 heterocycles. The van der Waals surface area contributed by atoms with Gasteiger partial charge in [0.15, 0.2) is 0 Å². The fourth-order valence-electron chi connectivity index (χ4n) is 0.513. The standard InChI is InChI=1S/C7H5N.CH3NO2/c8-6-7-4-2-1-3-5-7;2-1(3)4/h1-5H;2H2,(H,3,4). The van der Waals surface area contributed by atoms with Gasteiger partial charge in [-0.2, -0.15) is 5.26 Å². The number of nitrogens with zero attached hydrogens (tertiary/aromatic N) is 1. The van der Waals surface area contributed by atoms with Crippen LogP contribution in [-0.2, 0) is 0 Å². The van der Waals surface area contributed by atoms with Crippen LogP contribution in [0.4, 0.5) is 4.79 Å². The molecule has 62 valence electrons. The van der Waals surface area contributed by atoms with Crippen molar-refractivity contribution < 1.29 is 9.90 Å². The van der Waals surface area contributed by atoms with Crippen molar-refractivity contribution in [3.05, 3.63) is 35.9 Å². The summed E-state index contributed by atoms with van der Waals surface area (Å²) in [6.45, 7) is 0. The largest absolute Gasteiger partial charge is 0.465 e. The van der Waals surface area contributed by atoms with Crippen LogP contribution in [0.3, 0.4) is 0 Å². The molecule has 0 saturated carbocycles. The first-order valence-electron chi connectivity index (χ1n) is 3.10. The zero-order valence-corrected chi connectivity index (χ0v) is 6.27. The van der Waals surface area contributed by atoms with E-state index in [4.69, 9.17) is 15.2 Å². The van der Waals surface area contributed by atoms with Crippen LogP contribution in [0.2, 0.25) is 0 Å². The molecule has 1 aromatic carbocycles. The van der Waals surface area contributed by atoms with E-state index in [9.17, 15) is 0 Å². The molecular weight excluding hydrogens is 156 g/mol. The molecule has 12 heavy (non-hydrogen) atoms. The van der Waals surface area contributed by atoms with Gasteiger partial charge in [0.2, 0.25) is 0 Å². The number of nitrogens with two attached hydrogens (primary N) is 1. The summed E-state index contributed by atoms with van der Waals surface area (Å²) in [7, 11) is 0. The van der Waals surface area contributed by atoms with Crippen LogP contribution in [-0.4, -0.2) is 11.2 Å². The van der Waals surface area contributed by atoms with Gasteiger partial charge in [-0.25, -0.2) is 4.79 Å². The monoisotopic (exact) mass is 164 g/mol. The average Bonchev–Trinajstić information content (AvgIpc) is 2.05. The lowest BCUT2D eigenvalue weighted by atomic mass is 10.2. The molecule has 0 aliphatic heterocycles. The van der Waals surface area contributed by atoms with Gasteiger partial charge in [0.05, 0.1) is 11.6 Å². The van der Waals surface area contributed by atoms with Gasteiger partial charge in [-0.1, -0.05) is 18.2 Å². The molecule has 3 N–H and O–H groups in total. The first kappa shape index (κ1) is 9.98. The molecule has 0 radical (unpaired) electrons. The predicted octanol–water partition coefficient (Wildman–Crippen LogP) is 1.18. The molecule has 0 fully saturated rings. The van der Waals surface area contributed by atoms with Crippen LogP contribution in [0.25, 0.3) is 0 Å². The summed E-state index contributed by atoms with van der Waals surface area (Å²) < 4.78 is 0. The molecule has 1 amide bonds. The second-order valence-corrected chi connectivity index (χ2v) is 1.82. The van der Waals surface area contributed by atoms with Crippen LogP contribution >= 0.6 is 0 Å². The Labute approximate surface area is 69.9 Å². The third-order valence-electron chi connectivity index (χ3n) is 0.903. The van der Waals surface area contributed by atoms with E-state index in [2.05, 4.69) is 5.73 Å². The Kier molecular flexibility index (Phi) is 4.77. The Morgan fingerprint density at radius 1 is 1.42 bits per heavy atom. The lowest BCUT2D eigenvalue weighted by Gasteiger charge is -1.80.